The smallest absolute Gasteiger partial charge is 0.326 e. The van der Waals surface area contributed by atoms with E-state index < -0.39 is 24.0 Å². The highest BCUT2D eigenvalue weighted by Crippen LogP contribution is 2.21. The van der Waals surface area contributed by atoms with Crippen LogP contribution in [0.5, 0.6) is 5.75 Å². The van der Waals surface area contributed by atoms with Crippen LogP contribution in [0.4, 0.5) is 0 Å². The second kappa shape index (κ2) is 10.2. The van der Waals surface area contributed by atoms with Crippen molar-refractivity contribution in [2.75, 3.05) is 11.6 Å². The molecular weight excluding hydrogens is 404 g/mol. The van der Waals surface area contributed by atoms with Crippen molar-refractivity contribution in [1.82, 2.24) is 10.2 Å². The lowest BCUT2D eigenvalue weighted by Crippen LogP contribution is -2.52. The molecule has 1 aliphatic heterocycles. The third kappa shape index (κ3) is 5.76. The SMILES string of the molecule is CC(=O)N1CSC[C@@H]1C(=O)N[C@@H](Cc1ccc(OCc2ccccc2)cc1)C(=O)O. The average molecular weight is 429 g/mol. The molecule has 2 amide bonds. The summed E-state index contributed by atoms with van der Waals surface area (Å²) in [6, 6.07) is 15.2. The van der Waals surface area contributed by atoms with Crippen molar-refractivity contribution >= 4 is 29.5 Å². The lowest BCUT2D eigenvalue weighted by Gasteiger charge is -2.23. The maximum Gasteiger partial charge on any atom is 0.326 e. The zero-order valence-electron chi connectivity index (χ0n) is 16.6. The molecule has 0 aliphatic carbocycles. The van der Waals surface area contributed by atoms with E-state index in [-0.39, 0.29) is 12.3 Å². The van der Waals surface area contributed by atoms with Crippen LogP contribution in [0, 0.1) is 0 Å². The van der Waals surface area contributed by atoms with Gasteiger partial charge in [-0.15, -0.1) is 11.8 Å². The number of amides is 2. The average Bonchev–Trinajstić information content (AvgIpc) is 3.24. The zero-order valence-corrected chi connectivity index (χ0v) is 17.4. The molecule has 2 aromatic rings. The molecule has 7 nitrogen and oxygen atoms in total. The Morgan fingerprint density at radius 1 is 1.13 bits per heavy atom. The fourth-order valence-electron chi connectivity index (χ4n) is 3.14. The molecular formula is C22H24N2O5S. The Morgan fingerprint density at radius 2 is 1.83 bits per heavy atom. The first-order chi connectivity index (χ1) is 14.4. The molecule has 0 bridgehead atoms. The van der Waals surface area contributed by atoms with Crippen LogP contribution >= 0.6 is 11.8 Å². The number of carbonyl (C=O) groups excluding carboxylic acids is 2. The van der Waals surface area contributed by atoms with Gasteiger partial charge in [0, 0.05) is 19.1 Å². The van der Waals surface area contributed by atoms with Gasteiger partial charge in [0.1, 0.15) is 24.4 Å². The van der Waals surface area contributed by atoms with Crippen molar-refractivity contribution in [2.45, 2.75) is 32.0 Å². The summed E-state index contributed by atoms with van der Waals surface area (Å²) in [6.07, 6.45) is 0.139. The van der Waals surface area contributed by atoms with Gasteiger partial charge in [-0.2, -0.15) is 0 Å². The van der Waals surface area contributed by atoms with Crippen LogP contribution in [0.3, 0.4) is 0 Å². The highest BCUT2D eigenvalue weighted by Gasteiger charge is 2.34. The predicted molar refractivity (Wildman–Crippen MR) is 114 cm³/mol. The second-order valence-electron chi connectivity index (χ2n) is 7.03. The molecule has 1 aliphatic rings. The number of rotatable bonds is 8. The molecule has 158 valence electrons. The summed E-state index contributed by atoms with van der Waals surface area (Å²) >= 11 is 1.47. The quantitative estimate of drug-likeness (QED) is 0.670. The summed E-state index contributed by atoms with van der Waals surface area (Å²) in [6.45, 7) is 1.85. The lowest BCUT2D eigenvalue weighted by atomic mass is 10.1. The van der Waals surface area contributed by atoms with Crippen LogP contribution in [-0.2, 0) is 27.4 Å². The minimum Gasteiger partial charge on any atom is -0.489 e. The van der Waals surface area contributed by atoms with Crippen molar-refractivity contribution in [2.24, 2.45) is 0 Å². The van der Waals surface area contributed by atoms with Crippen LogP contribution in [0.15, 0.2) is 54.6 Å². The molecule has 2 aromatic carbocycles. The molecule has 3 rings (SSSR count). The predicted octanol–water partition coefficient (Wildman–Crippen LogP) is 2.30. The molecule has 1 saturated heterocycles. The first-order valence-electron chi connectivity index (χ1n) is 9.58. The fourth-order valence-corrected chi connectivity index (χ4v) is 4.36. The number of hydrogen-bond acceptors (Lipinski definition) is 5. The molecule has 2 atom stereocenters. The summed E-state index contributed by atoms with van der Waals surface area (Å²) < 4.78 is 5.74. The third-order valence-electron chi connectivity index (χ3n) is 4.82. The highest BCUT2D eigenvalue weighted by molar-refractivity contribution is 7.99. The van der Waals surface area contributed by atoms with E-state index in [1.807, 2.05) is 30.3 Å². The number of carboxylic acids is 1. The Bertz CT molecular complexity index is 888. The second-order valence-corrected chi connectivity index (χ2v) is 8.03. The van der Waals surface area contributed by atoms with Crippen molar-refractivity contribution in [3.05, 3.63) is 65.7 Å². The van der Waals surface area contributed by atoms with E-state index in [0.717, 1.165) is 11.1 Å². The highest BCUT2D eigenvalue weighted by atomic mass is 32.2. The Hall–Kier alpha value is -3.00. The van der Waals surface area contributed by atoms with Crippen LogP contribution in [0.2, 0.25) is 0 Å². The number of benzene rings is 2. The van der Waals surface area contributed by atoms with E-state index in [9.17, 15) is 19.5 Å². The maximum absolute atomic E-state index is 12.5. The lowest BCUT2D eigenvalue weighted by molar-refractivity contribution is -0.143. The summed E-state index contributed by atoms with van der Waals surface area (Å²) in [7, 11) is 0. The number of nitrogens with one attached hydrogen (secondary N) is 1. The number of ether oxygens (including phenoxy) is 1. The Labute approximate surface area is 179 Å². The van der Waals surface area contributed by atoms with Crippen molar-refractivity contribution in [1.29, 1.82) is 0 Å². The Morgan fingerprint density at radius 3 is 2.47 bits per heavy atom. The molecule has 1 fully saturated rings. The van der Waals surface area contributed by atoms with Gasteiger partial charge in [-0.25, -0.2) is 4.79 Å². The van der Waals surface area contributed by atoms with E-state index in [2.05, 4.69) is 5.32 Å². The molecule has 8 heteroatoms. The molecule has 0 unspecified atom stereocenters. The van der Waals surface area contributed by atoms with Crippen LogP contribution in [0.25, 0.3) is 0 Å². The number of thioether (sulfide) groups is 1. The molecule has 0 radical (unpaired) electrons. The summed E-state index contributed by atoms with van der Waals surface area (Å²) in [4.78, 5) is 37.3. The van der Waals surface area contributed by atoms with Gasteiger partial charge in [0.25, 0.3) is 0 Å². The fraction of sp³-hybridized carbons (Fsp3) is 0.318. The van der Waals surface area contributed by atoms with E-state index in [1.54, 1.807) is 24.3 Å². The first-order valence-corrected chi connectivity index (χ1v) is 10.7. The van der Waals surface area contributed by atoms with E-state index in [4.69, 9.17) is 4.74 Å². The maximum atomic E-state index is 12.5. The van der Waals surface area contributed by atoms with Gasteiger partial charge in [-0.1, -0.05) is 42.5 Å². The Balaban J connectivity index is 1.57. The monoisotopic (exact) mass is 428 g/mol. The van der Waals surface area contributed by atoms with Gasteiger partial charge in [0.05, 0.1) is 5.88 Å². The standard InChI is InChI=1S/C22H24N2O5S/c1-15(25)24-14-30-13-20(24)21(26)23-19(22(27)28)11-16-7-9-18(10-8-16)29-12-17-5-3-2-4-6-17/h2-10,19-20H,11-14H2,1H3,(H,23,26)(H,27,28)/t19-,20+/m0/s1. The molecule has 2 N–H and O–H groups in total. The number of aliphatic carboxylic acids is 1. The molecule has 0 saturated carbocycles. The minimum absolute atomic E-state index is 0.139. The van der Waals surface area contributed by atoms with Gasteiger partial charge >= 0.3 is 5.97 Å². The summed E-state index contributed by atoms with van der Waals surface area (Å²) in [5.41, 5.74) is 1.82. The van der Waals surface area contributed by atoms with Crippen LogP contribution in [-0.4, -0.2) is 51.5 Å². The number of carbonyl (C=O) groups is 3. The van der Waals surface area contributed by atoms with Crippen molar-refractivity contribution in [3.8, 4) is 5.75 Å². The van der Waals surface area contributed by atoms with Gasteiger partial charge in [0.15, 0.2) is 0 Å². The van der Waals surface area contributed by atoms with Crippen LogP contribution < -0.4 is 10.1 Å². The zero-order chi connectivity index (χ0) is 21.5. The van der Waals surface area contributed by atoms with Gasteiger partial charge < -0.3 is 20.1 Å². The largest absolute Gasteiger partial charge is 0.489 e. The van der Waals surface area contributed by atoms with Crippen molar-refractivity contribution < 1.29 is 24.2 Å². The number of nitrogens with zero attached hydrogens (tertiary/aromatic N) is 1. The Kier molecular flexibility index (Phi) is 7.35. The molecule has 30 heavy (non-hydrogen) atoms. The van der Waals surface area contributed by atoms with Gasteiger partial charge in [0.2, 0.25) is 11.8 Å². The number of hydrogen-bond donors (Lipinski definition) is 2. The summed E-state index contributed by atoms with van der Waals surface area (Å²) in [5, 5.41) is 12.1. The molecule has 0 aromatic heterocycles. The topological polar surface area (TPSA) is 95.9 Å². The molecule has 0 spiro atoms. The van der Waals surface area contributed by atoms with E-state index >= 15 is 0 Å². The van der Waals surface area contributed by atoms with Gasteiger partial charge in [-0.3, -0.25) is 9.59 Å². The minimum atomic E-state index is -1.12. The third-order valence-corrected chi connectivity index (χ3v) is 5.83. The normalized spacial score (nSPS) is 16.7. The number of carboxylic acid groups (broad SMARTS) is 1. The molecule has 1 heterocycles. The summed E-state index contributed by atoms with van der Waals surface area (Å²) in [5.74, 6) is -0.171. The van der Waals surface area contributed by atoms with E-state index in [0.29, 0.717) is 24.0 Å². The first kappa shape index (κ1) is 21.7. The van der Waals surface area contributed by atoms with E-state index in [1.165, 1.54) is 23.6 Å². The van der Waals surface area contributed by atoms with Crippen molar-refractivity contribution in [3.63, 3.8) is 0 Å². The van der Waals surface area contributed by atoms with Crippen LogP contribution in [0.1, 0.15) is 18.1 Å². The van der Waals surface area contributed by atoms with Gasteiger partial charge in [-0.05, 0) is 23.3 Å².